The van der Waals surface area contributed by atoms with E-state index in [0.717, 1.165) is 5.56 Å². The van der Waals surface area contributed by atoms with E-state index < -0.39 is 11.4 Å². The van der Waals surface area contributed by atoms with Gasteiger partial charge >= 0.3 is 5.51 Å². The Balaban J connectivity index is 1.85. The average molecular weight is 335 g/mol. The van der Waals surface area contributed by atoms with Gasteiger partial charge in [-0.2, -0.15) is 13.2 Å². The SMILES string of the molecule is COc1cccc2c1OCC(C(=O)NCCSC(F)(F)F)C2. The molecule has 2 rings (SSSR count). The van der Waals surface area contributed by atoms with Gasteiger partial charge in [0.1, 0.15) is 6.61 Å². The van der Waals surface area contributed by atoms with Gasteiger partial charge in [0, 0.05) is 12.3 Å². The largest absolute Gasteiger partial charge is 0.493 e. The molecule has 0 bridgehead atoms. The molecule has 1 amide bonds. The molecule has 1 aromatic rings. The summed E-state index contributed by atoms with van der Waals surface area (Å²) in [7, 11) is 1.54. The molecule has 1 N–H and O–H groups in total. The number of rotatable bonds is 5. The lowest BCUT2D eigenvalue weighted by Gasteiger charge is -2.25. The standard InChI is InChI=1S/C14H16F3NO3S/c1-20-11-4-2-3-9-7-10(8-21-12(9)11)13(19)18-5-6-22-14(15,16)17/h2-4,10H,5-8H2,1H3,(H,18,19). The molecular formula is C14H16F3NO3S. The summed E-state index contributed by atoms with van der Waals surface area (Å²) in [4.78, 5) is 12.0. The second kappa shape index (κ2) is 7.13. The molecule has 0 saturated heterocycles. The molecule has 0 spiro atoms. The van der Waals surface area contributed by atoms with E-state index in [0.29, 0.717) is 17.9 Å². The summed E-state index contributed by atoms with van der Waals surface area (Å²) in [6, 6.07) is 5.42. The molecule has 1 unspecified atom stereocenters. The summed E-state index contributed by atoms with van der Waals surface area (Å²) < 4.78 is 46.7. The van der Waals surface area contributed by atoms with E-state index in [9.17, 15) is 18.0 Å². The van der Waals surface area contributed by atoms with Crippen LogP contribution in [-0.4, -0.2) is 37.4 Å². The zero-order valence-corrected chi connectivity index (χ0v) is 12.7. The lowest BCUT2D eigenvalue weighted by Crippen LogP contribution is -2.38. The van der Waals surface area contributed by atoms with Gasteiger partial charge in [0.15, 0.2) is 11.5 Å². The van der Waals surface area contributed by atoms with Crippen molar-refractivity contribution in [1.82, 2.24) is 5.32 Å². The van der Waals surface area contributed by atoms with Crippen LogP contribution in [0.25, 0.3) is 0 Å². The van der Waals surface area contributed by atoms with Crippen molar-refractivity contribution in [2.45, 2.75) is 11.9 Å². The van der Waals surface area contributed by atoms with Crippen LogP contribution in [-0.2, 0) is 11.2 Å². The number of halogens is 3. The highest BCUT2D eigenvalue weighted by Crippen LogP contribution is 2.36. The van der Waals surface area contributed by atoms with Crippen molar-refractivity contribution < 1.29 is 27.4 Å². The van der Waals surface area contributed by atoms with E-state index in [-0.39, 0.29) is 36.6 Å². The predicted octanol–water partition coefficient (Wildman–Crippen LogP) is 2.62. The molecule has 1 atom stereocenters. The van der Waals surface area contributed by atoms with Crippen LogP contribution in [0.15, 0.2) is 18.2 Å². The third-order valence-corrected chi connectivity index (χ3v) is 3.95. The fourth-order valence-electron chi connectivity index (χ4n) is 2.21. The highest BCUT2D eigenvalue weighted by molar-refractivity contribution is 8.00. The predicted molar refractivity (Wildman–Crippen MR) is 77.2 cm³/mol. The molecular weight excluding hydrogens is 319 g/mol. The van der Waals surface area contributed by atoms with Crippen LogP contribution in [0.5, 0.6) is 11.5 Å². The zero-order valence-electron chi connectivity index (χ0n) is 11.9. The van der Waals surface area contributed by atoms with Crippen LogP contribution in [0, 0.1) is 5.92 Å². The van der Waals surface area contributed by atoms with Gasteiger partial charge in [-0.1, -0.05) is 12.1 Å². The Kier molecular flexibility index (Phi) is 5.44. The van der Waals surface area contributed by atoms with Crippen LogP contribution < -0.4 is 14.8 Å². The number of alkyl halides is 3. The van der Waals surface area contributed by atoms with Crippen molar-refractivity contribution in [1.29, 1.82) is 0 Å². The molecule has 1 aliphatic heterocycles. The topological polar surface area (TPSA) is 47.6 Å². The Morgan fingerprint density at radius 2 is 2.27 bits per heavy atom. The number of ether oxygens (including phenoxy) is 2. The summed E-state index contributed by atoms with van der Waals surface area (Å²) >= 11 is -0.147. The number of methoxy groups -OCH3 is 1. The average Bonchev–Trinajstić information content (AvgIpc) is 2.49. The maximum absolute atomic E-state index is 12.0. The lowest BCUT2D eigenvalue weighted by atomic mass is 9.95. The number of hydrogen-bond donors (Lipinski definition) is 1. The first-order valence-electron chi connectivity index (χ1n) is 6.68. The van der Waals surface area contributed by atoms with Crippen molar-refractivity contribution >= 4 is 17.7 Å². The van der Waals surface area contributed by atoms with E-state index in [1.54, 1.807) is 12.1 Å². The first-order valence-corrected chi connectivity index (χ1v) is 7.66. The maximum Gasteiger partial charge on any atom is 0.441 e. The Labute approximate surface area is 130 Å². The molecule has 1 heterocycles. The van der Waals surface area contributed by atoms with Crippen LogP contribution in [0.4, 0.5) is 13.2 Å². The second-order valence-electron chi connectivity index (χ2n) is 4.75. The van der Waals surface area contributed by atoms with E-state index in [1.165, 1.54) is 7.11 Å². The van der Waals surface area contributed by atoms with Crippen LogP contribution in [0.3, 0.4) is 0 Å². The first kappa shape index (κ1) is 16.8. The molecule has 122 valence electrons. The molecule has 1 aliphatic rings. The molecule has 0 saturated carbocycles. The molecule has 1 aromatic carbocycles. The molecule has 8 heteroatoms. The van der Waals surface area contributed by atoms with Gasteiger partial charge < -0.3 is 14.8 Å². The number of para-hydroxylation sites is 1. The molecule has 0 fully saturated rings. The number of amides is 1. The first-order chi connectivity index (χ1) is 10.4. The van der Waals surface area contributed by atoms with Crippen molar-refractivity contribution in [3.63, 3.8) is 0 Å². The van der Waals surface area contributed by atoms with E-state index in [2.05, 4.69) is 5.32 Å². The maximum atomic E-state index is 12.0. The van der Waals surface area contributed by atoms with Gasteiger partial charge in [-0.3, -0.25) is 4.79 Å². The molecule has 0 aromatic heterocycles. The fraction of sp³-hybridized carbons (Fsp3) is 0.500. The summed E-state index contributed by atoms with van der Waals surface area (Å²) in [5, 5.41) is 2.51. The van der Waals surface area contributed by atoms with Gasteiger partial charge in [-0.15, -0.1) is 0 Å². The van der Waals surface area contributed by atoms with Crippen LogP contribution >= 0.6 is 11.8 Å². The molecule has 0 aliphatic carbocycles. The van der Waals surface area contributed by atoms with Gasteiger partial charge in [-0.05, 0) is 29.8 Å². The number of nitrogens with one attached hydrogen (secondary N) is 1. The quantitative estimate of drug-likeness (QED) is 0.841. The minimum absolute atomic E-state index is 0.0233. The van der Waals surface area contributed by atoms with E-state index in [1.807, 2.05) is 6.07 Å². The zero-order chi connectivity index (χ0) is 16.2. The number of carbonyl (C=O) groups excluding carboxylic acids is 1. The van der Waals surface area contributed by atoms with Crippen molar-refractivity contribution in [2.75, 3.05) is 26.0 Å². The number of fused-ring (bicyclic) bond motifs is 1. The van der Waals surface area contributed by atoms with Crippen molar-refractivity contribution in [2.24, 2.45) is 5.92 Å². The fourth-order valence-corrected chi connectivity index (χ4v) is 2.64. The van der Waals surface area contributed by atoms with Crippen molar-refractivity contribution in [3.8, 4) is 11.5 Å². The number of hydrogen-bond acceptors (Lipinski definition) is 4. The minimum Gasteiger partial charge on any atom is -0.493 e. The van der Waals surface area contributed by atoms with Gasteiger partial charge in [0.05, 0.1) is 13.0 Å². The van der Waals surface area contributed by atoms with Crippen LogP contribution in [0.1, 0.15) is 5.56 Å². The summed E-state index contributed by atoms with van der Waals surface area (Å²) in [5.74, 6) is 0.332. The number of benzene rings is 1. The third-order valence-electron chi connectivity index (χ3n) is 3.21. The van der Waals surface area contributed by atoms with Crippen molar-refractivity contribution in [3.05, 3.63) is 23.8 Å². The Hall–Kier alpha value is -1.57. The lowest BCUT2D eigenvalue weighted by molar-refractivity contribution is -0.126. The summed E-state index contributed by atoms with van der Waals surface area (Å²) in [5.41, 5.74) is -3.41. The summed E-state index contributed by atoms with van der Waals surface area (Å²) in [6.45, 7) is 0.163. The van der Waals surface area contributed by atoms with E-state index >= 15 is 0 Å². The highest BCUT2D eigenvalue weighted by atomic mass is 32.2. The molecule has 4 nitrogen and oxygen atoms in total. The van der Waals surface area contributed by atoms with Gasteiger partial charge in [-0.25, -0.2) is 0 Å². The smallest absolute Gasteiger partial charge is 0.441 e. The van der Waals surface area contributed by atoms with E-state index in [4.69, 9.17) is 9.47 Å². The van der Waals surface area contributed by atoms with Gasteiger partial charge in [0.25, 0.3) is 0 Å². The Morgan fingerprint density at radius 3 is 2.95 bits per heavy atom. The monoisotopic (exact) mass is 335 g/mol. The minimum atomic E-state index is -4.27. The van der Waals surface area contributed by atoms with Gasteiger partial charge in [0.2, 0.25) is 5.91 Å². The molecule has 22 heavy (non-hydrogen) atoms. The summed E-state index contributed by atoms with van der Waals surface area (Å²) in [6.07, 6.45) is 0.477. The number of thioether (sulfide) groups is 1. The molecule has 0 radical (unpaired) electrons. The highest BCUT2D eigenvalue weighted by Gasteiger charge is 2.29. The van der Waals surface area contributed by atoms with Crippen LogP contribution in [0.2, 0.25) is 0 Å². The Morgan fingerprint density at radius 1 is 1.50 bits per heavy atom. The normalized spacial score (nSPS) is 17.4. The number of carbonyl (C=O) groups is 1. The second-order valence-corrected chi connectivity index (χ2v) is 5.91. The third kappa shape index (κ3) is 4.46. The Bertz CT molecular complexity index is 537.